The predicted molar refractivity (Wildman–Crippen MR) is 64.0 cm³/mol. The standard InChI is InChI=1S/C8H18N2O6P2/c11-17(12,13)5-8(18(14,15)16)9-6-3-1-2-4-7(6)10-8/h6-7,9-10H,1-5H2,(H2,11,12,13)(H2,14,15,16). The monoisotopic (exact) mass is 300 g/mol. The fourth-order valence-electron chi connectivity index (χ4n) is 2.78. The highest BCUT2D eigenvalue weighted by molar-refractivity contribution is 7.57. The summed E-state index contributed by atoms with van der Waals surface area (Å²) in [4.78, 5) is 36.9. The number of hydrogen-bond donors (Lipinski definition) is 6. The van der Waals surface area contributed by atoms with Gasteiger partial charge in [0.25, 0.3) is 0 Å². The maximum Gasteiger partial charge on any atom is 0.360 e. The molecule has 8 nitrogen and oxygen atoms in total. The van der Waals surface area contributed by atoms with E-state index in [1.807, 2.05) is 0 Å². The molecule has 0 radical (unpaired) electrons. The number of rotatable bonds is 3. The third-order valence-corrected chi connectivity index (χ3v) is 6.09. The molecule has 2 unspecified atom stereocenters. The molecule has 1 saturated carbocycles. The molecule has 0 aromatic carbocycles. The van der Waals surface area contributed by atoms with Crippen molar-refractivity contribution in [3.63, 3.8) is 0 Å². The van der Waals surface area contributed by atoms with Crippen molar-refractivity contribution in [1.29, 1.82) is 0 Å². The van der Waals surface area contributed by atoms with Crippen molar-refractivity contribution >= 4 is 15.2 Å². The normalized spacial score (nSPS) is 37.6. The molecule has 2 fully saturated rings. The van der Waals surface area contributed by atoms with Crippen LogP contribution in [0, 0.1) is 0 Å². The Hall–Kier alpha value is 0.220. The van der Waals surface area contributed by atoms with Gasteiger partial charge in [0.15, 0.2) is 5.40 Å². The molecular weight excluding hydrogens is 282 g/mol. The Morgan fingerprint density at radius 2 is 1.44 bits per heavy atom. The molecule has 6 N–H and O–H groups in total. The molecule has 1 saturated heterocycles. The summed E-state index contributed by atoms with van der Waals surface area (Å²) in [5.41, 5.74) is 0. The summed E-state index contributed by atoms with van der Waals surface area (Å²) < 4.78 is 22.7. The van der Waals surface area contributed by atoms with Crippen molar-refractivity contribution in [3.8, 4) is 0 Å². The van der Waals surface area contributed by atoms with Gasteiger partial charge in [0, 0.05) is 12.1 Å². The Morgan fingerprint density at radius 3 is 1.78 bits per heavy atom. The zero-order valence-corrected chi connectivity index (χ0v) is 11.5. The van der Waals surface area contributed by atoms with Gasteiger partial charge in [0.05, 0.1) is 6.16 Å². The molecule has 0 aromatic rings. The predicted octanol–water partition coefficient (Wildman–Crippen LogP) is -0.500. The lowest BCUT2D eigenvalue weighted by Crippen LogP contribution is -2.53. The van der Waals surface area contributed by atoms with Crippen molar-refractivity contribution in [1.82, 2.24) is 10.6 Å². The van der Waals surface area contributed by atoms with E-state index in [2.05, 4.69) is 10.6 Å². The van der Waals surface area contributed by atoms with E-state index in [0.29, 0.717) is 0 Å². The van der Waals surface area contributed by atoms with Crippen LogP contribution in [0.15, 0.2) is 0 Å². The zero-order valence-electron chi connectivity index (χ0n) is 9.69. The Morgan fingerprint density at radius 1 is 1.00 bits per heavy atom. The second-order valence-electron chi connectivity index (χ2n) is 5.01. The summed E-state index contributed by atoms with van der Waals surface area (Å²) in [7, 11) is -9.28. The van der Waals surface area contributed by atoms with Gasteiger partial charge < -0.3 is 19.6 Å². The quantitative estimate of drug-likeness (QED) is 0.383. The summed E-state index contributed by atoms with van der Waals surface area (Å²) in [5.74, 6) is 0. The van der Waals surface area contributed by atoms with Crippen LogP contribution in [0.3, 0.4) is 0 Å². The SMILES string of the molecule is O=P(O)(O)CC1(P(=O)(O)O)NC2CCCCC2N1. The summed E-state index contributed by atoms with van der Waals surface area (Å²) in [6.07, 6.45) is 2.49. The Labute approximate surface area is 104 Å². The average molecular weight is 300 g/mol. The minimum absolute atomic E-state index is 0.141. The smallest absolute Gasteiger partial charge is 0.324 e. The van der Waals surface area contributed by atoms with Crippen LogP contribution in [0.1, 0.15) is 25.7 Å². The molecule has 1 heterocycles. The van der Waals surface area contributed by atoms with E-state index in [9.17, 15) is 18.9 Å². The van der Waals surface area contributed by atoms with Crippen LogP contribution in [0.5, 0.6) is 0 Å². The van der Waals surface area contributed by atoms with E-state index in [-0.39, 0.29) is 12.1 Å². The van der Waals surface area contributed by atoms with Crippen molar-refractivity contribution in [2.75, 3.05) is 6.16 Å². The van der Waals surface area contributed by atoms with Crippen LogP contribution in [0.2, 0.25) is 0 Å². The minimum atomic E-state index is -4.73. The molecule has 0 bridgehead atoms. The molecular formula is C8H18N2O6P2. The van der Waals surface area contributed by atoms with E-state index in [4.69, 9.17) is 9.79 Å². The van der Waals surface area contributed by atoms with Crippen LogP contribution >= 0.6 is 15.2 Å². The van der Waals surface area contributed by atoms with Gasteiger partial charge >= 0.3 is 15.2 Å². The Kier molecular flexibility index (Phi) is 3.78. The maximum atomic E-state index is 11.6. The van der Waals surface area contributed by atoms with Gasteiger partial charge in [-0.3, -0.25) is 19.8 Å². The first-order valence-corrected chi connectivity index (χ1v) is 9.20. The molecule has 10 heteroatoms. The molecule has 1 aliphatic heterocycles. The molecule has 2 atom stereocenters. The van der Waals surface area contributed by atoms with Gasteiger partial charge in [-0.15, -0.1) is 0 Å². The minimum Gasteiger partial charge on any atom is -0.324 e. The lowest BCUT2D eigenvalue weighted by atomic mass is 9.92. The summed E-state index contributed by atoms with van der Waals surface area (Å²) >= 11 is 0. The van der Waals surface area contributed by atoms with Gasteiger partial charge in [0.2, 0.25) is 0 Å². The van der Waals surface area contributed by atoms with Crippen molar-refractivity contribution in [3.05, 3.63) is 0 Å². The molecule has 0 amide bonds. The molecule has 0 aromatic heterocycles. The van der Waals surface area contributed by atoms with Gasteiger partial charge in [0.1, 0.15) is 0 Å². The number of hydrogen-bond acceptors (Lipinski definition) is 4. The van der Waals surface area contributed by atoms with Crippen molar-refractivity contribution in [2.24, 2.45) is 0 Å². The maximum absolute atomic E-state index is 11.6. The Balaban J connectivity index is 2.28. The van der Waals surface area contributed by atoms with E-state index >= 15 is 0 Å². The van der Waals surface area contributed by atoms with E-state index in [0.717, 1.165) is 25.7 Å². The molecule has 18 heavy (non-hydrogen) atoms. The van der Waals surface area contributed by atoms with Crippen molar-refractivity contribution in [2.45, 2.75) is 43.2 Å². The average Bonchev–Trinajstić information content (AvgIpc) is 2.52. The van der Waals surface area contributed by atoms with E-state index in [1.54, 1.807) is 0 Å². The fourth-order valence-corrected chi connectivity index (χ4v) is 5.52. The second-order valence-corrected chi connectivity index (χ2v) is 8.51. The molecule has 0 spiro atoms. The summed E-state index contributed by atoms with van der Waals surface area (Å²) in [5, 5.41) is 3.48. The number of fused-ring (bicyclic) bond motifs is 1. The van der Waals surface area contributed by atoms with E-state index < -0.39 is 26.8 Å². The van der Waals surface area contributed by atoms with Crippen molar-refractivity contribution < 1.29 is 28.7 Å². The van der Waals surface area contributed by atoms with Crippen LogP contribution < -0.4 is 10.6 Å². The van der Waals surface area contributed by atoms with E-state index in [1.165, 1.54) is 0 Å². The van der Waals surface area contributed by atoms with Gasteiger partial charge in [-0.1, -0.05) is 12.8 Å². The largest absolute Gasteiger partial charge is 0.360 e. The highest BCUT2D eigenvalue weighted by atomic mass is 31.2. The first-order chi connectivity index (χ1) is 8.13. The van der Waals surface area contributed by atoms with Crippen LogP contribution in [0.4, 0.5) is 0 Å². The third-order valence-electron chi connectivity index (χ3n) is 3.55. The lowest BCUT2D eigenvalue weighted by molar-refractivity contribution is 0.288. The highest BCUT2D eigenvalue weighted by Gasteiger charge is 2.58. The van der Waals surface area contributed by atoms with Crippen LogP contribution in [0.25, 0.3) is 0 Å². The third kappa shape index (κ3) is 2.86. The fraction of sp³-hybridized carbons (Fsp3) is 1.00. The highest BCUT2D eigenvalue weighted by Crippen LogP contribution is 2.56. The first-order valence-electron chi connectivity index (χ1n) is 5.79. The molecule has 1 aliphatic carbocycles. The molecule has 106 valence electrons. The lowest BCUT2D eigenvalue weighted by Gasteiger charge is -2.31. The second kappa shape index (κ2) is 4.65. The van der Waals surface area contributed by atoms with Gasteiger partial charge in [-0.25, -0.2) is 0 Å². The summed E-state index contributed by atoms with van der Waals surface area (Å²) in [6.45, 7) is 0. The number of nitrogens with one attached hydrogen (secondary N) is 2. The van der Waals surface area contributed by atoms with Crippen LogP contribution in [-0.4, -0.2) is 43.2 Å². The van der Waals surface area contributed by atoms with Gasteiger partial charge in [-0.2, -0.15) is 0 Å². The molecule has 2 rings (SSSR count). The van der Waals surface area contributed by atoms with Crippen LogP contribution in [-0.2, 0) is 9.13 Å². The first kappa shape index (κ1) is 14.6. The Bertz CT molecular complexity index is 404. The van der Waals surface area contributed by atoms with Gasteiger partial charge in [-0.05, 0) is 12.8 Å². The topological polar surface area (TPSA) is 139 Å². The summed E-state index contributed by atoms with van der Waals surface area (Å²) in [6, 6.07) is -0.282. The molecule has 2 aliphatic rings. The zero-order chi connectivity index (χ0) is 13.6.